The Hall–Kier alpha value is -2.64. The Kier molecular flexibility index (Phi) is 6.84. The summed E-state index contributed by atoms with van der Waals surface area (Å²) in [6, 6.07) is 12.2. The molecule has 0 spiro atoms. The van der Waals surface area contributed by atoms with Gasteiger partial charge in [-0.05, 0) is 41.8 Å². The molecule has 1 aromatic carbocycles. The number of nitrogens with one attached hydrogen (secondary N) is 2. The van der Waals surface area contributed by atoms with Crippen molar-refractivity contribution in [2.75, 3.05) is 13.1 Å². The summed E-state index contributed by atoms with van der Waals surface area (Å²) in [5.74, 6) is 1.55. The molecule has 3 N–H and O–H groups in total. The molecule has 3 rings (SSSR count). The molecule has 2 heterocycles. The Morgan fingerprint density at radius 2 is 2.07 bits per heavy atom. The van der Waals surface area contributed by atoms with Crippen LogP contribution in [0.25, 0.3) is 0 Å². The van der Waals surface area contributed by atoms with Crippen LogP contribution >= 0.6 is 11.3 Å². The molecule has 28 heavy (non-hydrogen) atoms. The zero-order valence-electron chi connectivity index (χ0n) is 16.3. The number of benzene rings is 1. The van der Waals surface area contributed by atoms with Crippen LogP contribution in [-0.4, -0.2) is 33.7 Å². The predicted octanol–water partition coefficient (Wildman–Crippen LogP) is 2.96. The lowest BCUT2D eigenvalue weighted by Crippen LogP contribution is -2.44. The van der Waals surface area contributed by atoms with Gasteiger partial charge in [-0.2, -0.15) is 11.3 Å². The molecule has 2 aromatic heterocycles. The van der Waals surface area contributed by atoms with E-state index in [1.807, 2.05) is 48.1 Å². The number of hydrogen-bond acceptors (Lipinski definition) is 4. The number of nitrogens with zero attached hydrogens (tertiary/aromatic N) is 3. The van der Waals surface area contributed by atoms with Crippen LogP contribution in [0.3, 0.4) is 0 Å². The summed E-state index contributed by atoms with van der Waals surface area (Å²) < 4.78 is 2.10. The summed E-state index contributed by atoms with van der Waals surface area (Å²) in [5, 5.41) is 21.1. The summed E-state index contributed by atoms with van der Waals surface area (Å²) >= 11 is 1.58. The van der Waals surface area contributed by atoms with Crippen LogP contribution in [0.2, 0.25) is 0 Å². The number of imidazole rings is 1. The van der Waals surface area contributed by atoms with E-state index in [0.717, 1.165) is 24.5 Å². The molecule has 0 radical (unpaired) electrons. The van der Waals surface area contributed by atoms with Gasteiger partial charge < -0.3 is 20.3 Å². The maximum absolute atomic E-state index is 10.7. The minimum atomic E-state index is -0.956. The highest BCUT2D eigenvalue weighted by Gasteiger charge is 2.23. The molecule has 7 heteroatoms. The van der Waals surface area contributed by atoms with Crippen molar-refractivity contribution in [3.8, 4) is 0 Å². The summed E-state index contributed by atoms with van der Waals surface area (Å²) in [6.45, 7) is 6.15. The van der Waals surface area contributed by atoms with Crippen molar-refractivity contribution in [3.05, 3.63) is 76.5 Å². The molecule has 0 saturated heterocycles. The molecule has 0 aliphatic rings. The van der Waals surface area contributed by atoms with E-state index in [1.54, 1.807) is 24.5 Å². The molecule has 6 nitrogen and oxygen atoms in total. The summed E-state index contributed by atoms with van der Waals surface area (Å²) in [7, 11) is 0. The molecule has 148 valence electrons. The fourth-order valence-electron chi connectivity index (χ4n) is 2.84. The number of aliphatic imine (C=N–C) groups is 1. The van der Waals surface area contributed by atoms with Gasteiger partial charge in [0.2, 0.25) is 0 Å². The number of aromatic nitrogens is 2. The average molecular weight is 398 g/mol. The van der Waals surface area contributed by atoms with Crippen molar-refractivity contribution in [1.82, 2.24) is 20.2 Å². The largest absolute Gasteiger partial charge is 0.384 e. The topological polar surface area (TPSA) is 74.5 Å². The first kappa shape index (κ1) is 20.1. The van der Waals surface area contributed by atoms with Gasteiger partial charge in [0.1, 0.15) is 18.0 Å². The lowest BCUT2D eigenvalue weighted by Gasteiger charge is -2.24. The van der Waals surface area contributed by atoms with Crippen LogP contribution in [0.4, 0.5) is 0 Å². The van der Waals surface area contributed by atoms with Gasteiger partial charge >= 0.3 is 0 Å². The molecule has 0 saturated carbocycles. The Labute approximate surface area is 170 Å². The van der Waals surface area contributed by atoms with Crippen molar-refractivity contribution >= 4 is 17.3 Å². The van der Waals surface area contributed by atoms with Crippen molar-refractivity contribution in [1.29, 1.82) is 0 Å². The van der Waals surface area contributed by atoms with E-state index in [9.17, 15) is 5.11 Å². The Balaban J connectivity index is 1.64. The first-order valence-corrected chi connectivity index (χ1v) is 10.3. The van der Waals surface area contributed by atoms with E-state index in [4.69, 9.17) is 0 Å². The number of rotatable bonds is 8. The van der Waals surface area contributed by atoms with E-state index >= 15 is 0 Å². The van der Waals surface area contributed by atoms with Crippen LogP contribution in [0.5, 0.6) is 0 Å². The Morgan fingerprint density at radius 3 is 2.79 bits per heavy atom. The third-order valence-corrected chi connectivity index (χ3v) is 5.15. The molecule has 3 aromatic rings. The molecule has 0 aliphatic carbocycles. The summed E-state index contributed by atoms with van der Waals surface area (Å²) in [4.78, 5) is 9.09. The lowest BCUT2D eigenvalue weighted by atomic mass is 9.99. The molecule has 0 bridgehead atoms. The first-order valence-electron chi connectivity index (χ1n) is 9.39. The monoisotopic (exact) mass is 397 g/mol. The maximum atomic E-state index is 10.7. The first-order chi connectivity index (χ1) is 13.6. The third kappa shape index (κ3) is 5.43. The smallest absolute Gasteiger partial charge is 0.191 e. The Bertz CT molecular complexity index is 871. The van der Waals surface area contributed by atoms with Crippen LogP contribution in [0.1, 0.15) is 30.8 Å². The van der Waals surface area contributed by atoms with Crippen LogP contribution in [-0.2, 0) is 18.7 Å². The van der Waals surface area contributed by atoms with Crippen LogP contribution in [0.15, 0.2) is 64.5 Å². The molecular formula is C21H27N5OS. The highest BCUT2D eigenvalue weighted by Crippen LogP contribution is 2.21. The second-order valence-electron chi connectivity index (χ2n) is 6.79. The predicted molar refractivity (Wildman–Crippen MR) is 114 cm³/mol. The van der Waals surface area contributed by atoms with Crippen molar-refractivity contribution in [2.24, 2.45) is 4.99 Å². The van der Waals surface area contributed by atoms with Gasteiger partial charge in [0.05, 0.1) is 6.54 Å². The van der Waals surface area contributed by atoms with E-state index in [-0.39, 0.29) is 0 Å². The molecule has 1 atom stereocenters. The van der Waals surface area contributed by atoms with Crippen molar-refractivity contribution in [2.45, 2.75) is 32.5 Å². The zero-order chi connectivity index (χ0) is 19.8. The van der Waals surface area contributed by atoms with Crippen LogP contribution in [0, 0.1) is 0 Å². The van der Waals surface area contributed by atoms with Gasteiger partial charge in [-0.15, -0.1) is 0 Å². The van der Waals surface area contributed by atoms with E-state index in [0.29, 0.717) is 19.0 Å². The van der Waals surface area contributed by atoms with Crippen molar-refractivity contribution < 1.29 is 5.11 Å². The van der Waals surface area contributed by atoms with Gasteiger partial charge in [0.25, 0.3) is 0 Å². The second-order valence-corrected chi connectivity index (χ2v) is 7.57. The van der Waals surface area contributed by atoms with Gasteiger partial charge in [0.15, 0.2) is 5.96 Å². The summed E-state index contributed by atoms with van der Waals surface area (Å²) in [6.07, 6.45) is 3.77. The summed E-state index contributed by atoms with van der Waals surface area (Å²) in [5.41, 5.74) is 1.17. The highest BCUT2D eigenvalue weighted by molar-refractivity contribution is 7.08. The normalized spacial score (nSPS) is 13.9. The molecule has 0 aliphatic heterocycles. The maximum Gasteiger partial charge on any atom is 0.191 e. The molecular weight excluding hydrogens is 370 g/mol. The lowest BCUT2D eigenvalue weighted by molar-refractivity contribution is 0.0621. The molecule has 1 unspecified atom stereocenters. The van der Waals surface area contributed by atoms with Gasteiger partial charge in [-0.25, -0.2) is 9.98 Å². The number of aliphatic hydroxyl groups is 1. The van der Waals surface area contributed by atoms with E-state index < -0.39 is 5.60 Å². The fraction of sp³-hybridized carbons (Fsp3) is 0.333. The standard InChI is InChI=1S/C21H27N5OS/c1-3-22-20(25-16-21(2,27)18-9-12-28-15-18)24-13-19-23-10-11-26(19)14-17-7-5-4-6-8-17/h4-12,15,27H,3,13-14,16H2,1-2H3,(H2,22,24,25). The van der Waals surface area contributed by atoms with Crippen molar-refractivity contribution in [3.63, 3.8) is 0 Å². The minimum absolute atomic E-state index is 0.369. The SMILES string of the molecule is CCNC(=NCc1nccn1Cc1ccccc1)NCC(C)(O)c1ccsc1. The van der Waals surface area contributed by atoms with Gasteiger partial charge in [-0.1, -0.05) is 30.3 Å². The zero-order valence-corrected chi connectivity index (χ0v) is 17.1. The van der Waals surface area contributed by atoms with E-state index in [1.165, 1.54) is 5.56 Å². The second kappa shape index (κ2) is 9.52. The minimum Gasteiger partial charge on any atom is -0.384 e. The quantitative estimate of drug-likeness (QED) is 0.404. The van der Waals surface area contributed by atoms with Gasteiger partial charge in [0, 0.05) is 25.5 Å². The van der Waals surface area contributed by atoms with Crippen LogP contribution < -0.4 is 10.6 Å². The molecule has 0 fully saturated rings. The molecule has 0 amide bonds. The fourth-order valence-corrected chi connectivity index (χ4v) is 3.62. The van der Waals surface area contributed by atoms with Gasteiger partial charge in [-0.3, -0.25) is 0 Å². The third-order valence-electron chi connectivity index (χ3n) is 4.46. The Morgan fingerprint density at radius 1 is 1.25 bits per heavy atom. The number of hydrogen-bond donors (Lipinski definition) is 3. The average Bonchev–Trinajstić information content (AvgIpc) is 3.38. The highest BCUT2D eigenvalue weighted by atomic mass is 32.1. The number of thiophene rings is 1. The van der Waals surface area contributed by atoms with E-state index in [2.05, 4.69) is 37.3 Å². The number of guanidine groups is 1.